The first kappa shape index (κ1) is 20.7. The number of anilines is 2. The molecule has 3 N–H and O–H groups in total. The highest BCUT2D eigenvalue weighted by atomic mass is 32.2. The molecular weight excluding hydrogens is 390 g/mol. The number of nitrogens with zero attached hydrogens (tertiary/aromatic N) is 2. The maximum atomic E-state index is 12.9. The summed E-state index contributed by atoms with van der Waals surface area (Å²) in [6.07, 6.45) is 4.08. The van der Waals surface area contributed by atoms with Gasteiger partial charge in [0, 0.05) is 6.20 Å². The van der Waals surface area contributed by atoms with Gasteiger partial charge in [-0.1, -0.05) is 18.2 Å². The number of para-hydroxylation sites is 2. The van der Waals surface area contributed by atoms with Gasteiger partial charge in [-0.2, -0.15) is 11.8 Å². The fourth-order valence-corrected chi connectivity index (χ4v) is 3.42. The van der Waals surface area contributed by atoms with E-state index < -0.39 is 12.1 Å². The zero-order valence-corrected chi connectivity index (χ0v) is 16.9. The van der Waals surface area contributed by atoms with E-state index in [0.717, 1.165) is 5.69 Å². The molecule has 1 aromatic carbocycles. The first-order valence-corrected chi connectivity index (χ1v) is 10.6. The van der Waals surface area contributed by atoms with Gasteiger partial charge in [0.05, 0.1) is 23.6 Å². The van der Waals surface area contributed by atoms with Crippen LogP contribution in [0.25, 0.3) is 0 Å². The molecule has 1 aliphatic heterocycles. The smallest absolute Gasteiger partial charge is 0.323 e. The quantitative estimate of drug-likeness (QED) is 0.644. The Kier molecular flexibility index (Phi) is 7.07. The Morgan fingerprint density at radius 2 is 2.03 bits per heavy atom. The third-order valence-corrected chi connectivity index (χ3v) is 5.05. The van der Waals surface area contributed by atoms with Crippen LogP contribution in [-0.4, -0.2) is 47.4 Å². The van der Waals surface area contributed by atoms with Crippen molar-refractivity contribution in [3.63, 3.8) is 0 Å². The molecule has 0 unspecified atom stereocenters. The molecule has 2 aromatic rings. The Bertz CT molecular complexity index is 877. The Morgan fingerprint density at radius 1 is 1.24 bits per heavy atom. The van der Waals surface area contributed by atoms with Crippen LogP contribution >= 0.6 is 11.8 Å². The van der Waals surface area contributed by atoms with Crippen molar-refractivity contribution >= 4 is 41.0 Å². The maximum absolute atomic E-state index is 12.9. The summed E-state index contributed by atoms with van der Waals surface area (Å²) < 4.78 is 0. The molecule has 2 heterocycles. The number of hydrogen-bond acceptors (Lipinski definition) is 5. The standard InChI is InChI=1S/C20H23N5O3S/c1-29-11-9-16(19(27)22-12-14-6-4-5-10-21-14)24-20(28)25-13-18(26)23-15-7-2-3-8-17(15)25/h2-8,10,16H,9,11-13H2,1H3,(H,22,27)(H,23,26)(H,24,28)/t16-/m1/s1. The molecule has 0 saturated carbocycles. The summed E-state index contributed by atoms with van der Waals surface area (Å²) in [4.78, 5) is 43.1. The minimum atomic E-state index is -0.712. The molecule has 3 rings (SSSR count). The number of nitrogens with one attached hydrogen (secondary N) is 3. The highest BCUT2D eigenvalue weighted by Gasteiger charge is 2.29. The lowest BCUT2D eigenvalue weighted by atomic mass is 10.2. The third kappa shape index (κ3) is 5.47. The summed E-state index contributed by atoms with van der Waals surface area (Å²) in [5.41, 5.74) is 1.90. The number of urea groups is 1. The molecule has 152 valence electrons. The molecular formula is C20H23N5O3S. The Morgan fingerprint density at radius 3 is 2.79 bits per heavy atom. The minimum Gasteiger partial charge on any atom is -0.349 e. The van der Waals surface area contributed by atoms with Crippen LogP contribution in [0.1, 0.15) is 12.1 Å². The average Bonchev–Trinajstić information content (AvgIpc) is 2.74. The molecule has 0 aliphatic carbocycles. The van der Waals surface area contributed by atoms with Crippen LogP contribution in [0, 0.1) is 0 Å². The highest BCUT2D eigenvalue weighted by molar-refractivity contribution is 7.98. The summed E-state index contributed by atoms with van der Waals surface area (Å²) in [6, 6.07) is 11.3. The summed E-state index contributed by atoms with van der Waals surface area (Å²) in [6.45, 7) is 0.175. The number of rotatable bonds is 7. The van der Waals surface area contributed by atoms with E-state index in [2.05, 4.69) is 20.9 Å². The summed E-state index contributed by atoms with van der Waals surface area (Å²) in [7, 11) is 0. The van der Waals surface area contributed by atoms with Crippen molar-refractivity contribution in [2.75, 3.05) is 28.8 Å². The van der Waals surface area contributed by atoms with E-state index in [1.807, 2.05) is 18.4 Å². The van der Waals surface area contributed by atoms with E-state index >= 15 is 0 Å². The molecule has 4 amide bonds. The fourth-order valence-electron chi connectivity index (χ4n) is 2.95. The van der Waals surface area contributed by atoms with Crippen molar-refractivity contribution in [3.8, 4) is 0 Å². The van der Waals surface area contributed by atoms with E-state index in [9.17, 15) is 14.4 Å². The lowest BCUT2D eigenvalue weighted by Gasteiger charge is -2.30. The van der Waals surface area contributed by atoms with Crippen LogP contribution in [0.3, 0.4) is 0 Å². The monoisotopic (exact) mass is 413 g/mol. The first-order chi connectivity index (χ1) is 14.1. The van der Waals surface area contributed by atoms with Gasteiger partial charge in [0.15, 0.2) is 0 Å². The molecule has 0 bridgehead atoms. The maximum Gasteiger partial charge on any atom is 0.323 e. The summed E-state index contributed by atoms with van der Waals surface area (Å²) in [5, 5.41) is 8.34. The predicted octanol–water partition coefficient (Wildman–Crippen LogP) is 1.99. The molecule has 8 nitrogen and oxygen atoms in total. The second-order valence-electron chi connectivity index (χ2n) is 6.47. The van der Waals surface area contributed by atoms with Crippen molar-refractivity contribution < 1.29 is 14.4 Å². The lowest BCUT2D eigenvalue weighted by Crippen LogP contribution is -2.54. The van der Waals surface area contributed by atoms with E-state index in [0.29, 0.717) is 23.5 Å². The number of benzene rings is 1. The van der Waals surface area contributed by atoms with Gasteiger partial charge < -0.3 is 16.0 Å². The Labute approximate surface area is 173 Å². The molecule has 1 atom stereocenters. The van der Waals surface area contributed by atoms with Crippen molar-refractivity contribution in [1.82, 2.24) is 15.6 Å². The van der Waals surface area contributed by atoms with Crippen LogP contribution in [0.2, 0.25) is 0 Å². The first-order valence-electron chi connectivity index (χ1n) is 9.22. The zero-order valence-electron chi connectivity index (χ0n) is 16.1. The van der Waals surface area contributed by atoms with Crippen molar-refractivity contribution in [2.45, 2.75) is 19.0 Å². The fraction of sp³-hybridized carbons (Fsp3) is 0.300. The second-order valence-corrected chi connectivity index (χ2v) is 7.46. The van der Waals surface area contributed by atoms with Crippen LogP contribution in [0.15, 0.2) is 48.7 Å². The van der Waals surface area contributed by atoms with Gasteiger partial charge in [0.2, 0.25) is 11.8 Å². The number of thioether (sulfide) groups is 1. The van der Waals surface area contributed by atoms with Gasteiger partial charge in [-0.15, -0.1) is 0 Å². The van der Waals surface area contributed by atoms with Crippen molar-refractivity contribution in [2.24, 2.45) is 0 Å². The Hall–Kier alpha value is -3.07. The molecule has 0 fully saturated rings. The number of carbonyl (C=O) groups excluding carboxylic acids is 3. The molecule has 1 aromatic heterocycles. The number of aromatic nitrogens is 1. The average molecular weight is 414 g/mol. The number of carbonyl (C=O) groups is 3. The summed E-state index contributed by atoms with van der Waals surface area (Å²) >= 11 is 1.59. The van der Waals surface area contributed by atoms with Gasteiger partial charge in [-0.05, 0) is 42.7 Å². The largest absolute Gasteiger partial charge is 0.349 e. The van der Waals surface area contributed by atoms with Gasteiger partial charge >= 0.3 is 6.03 Å². The highest BCUT2D eigenvalue weighted by Crippen LogP contribution is 2.28. The van der Waals surface area contributed by atoms with Crippen molar-refractivity contribution in [3.05, 3.63) is 54.4 Å². The van der Waals surface area contributed by atoms with Gasteiger partial charge in [0.1, 0.15) is 12.6 Å². The molecule has 0 radical (unpaired) electrons. The second kappa shape index (κ2) is 9.92. The zero-order chi connectivity index (χ0) is 20.6. The Balaban J connectivity index is 1.68. The van der Waals surface area contributed by atoms with Crippen molar-refractivity contribution in [1.29, 1.82) is 0 Å². The molecule has 1 aliphatic rings. The van der Waals surface area contributed by atoms with Gasteiger partial charge in [0.25, 0.3) is 0 Å². The summed E-state index contributed by atoms with van der Waals surface area (Å²) in [5.74, 6) is 0.144. The normalized spacial score (nSPS) is 13.8. The lowest BCUT2D eigenvalue weighted by molar-refractivity contribution is -0.123. The SMILES string of the molecule is CSCC[C@@H](NC(=O)N1CC(=O)Nc2ccccc21)C(=O)NCc1ccccn1. The van der Waals surface area contributed by atoms with Crippen LogP contribution in [0.5, 0.6) is 0 Å². The van der Waals surface area contributed by atoms with Gasteiger partial charge in [-0.3, -0.25) is 19.5 Å². The van der Waals surface area contributed by atoms with Crippen LogP contribution < -0.4 is 20.9 Å². The molecule has 0 spiro atoms. The number of amides is 4. The van der Waals surface area contributed by atoms with Crippen LogP contribution in [0.4, 0.5) is 16.2 Å². The third-order valence-electron chi connectivity index (χ3n) is 4.41. The number of pyridine rings is 1. The number of fused-ring (bicyclic) bond motifs is 1. The molecule has 0 saturated heterocycles. The number of hydrogen-bond donors (Lipinski definition) is 3. The molecule has 9 heteroatoms. The van der Waals surface area contributed by atoms with E-state index in [-0.39, 0.29) is 24.9 Å². The van der Waals surface area contributed by atoms with Crippen LogP contribution in [-0.2, 0) is 16.1 Å². The minimum absolute atomic E-state index is 0.104. The van der Waals surface area contributed by atoms with E-state index in [1.54, 1.807) is 48.3 Å². The predicted molar refractivity (Wildman–Crippen MR) is 114 cm³/mol. The van der Waals surface area contributed by atoms with E-state index in [1.165, 1.54) is 4.90 Å². The molecule has 29 heavy (non-hydrogen) atoms. The van der Waals surface area contributed by atoms with E-state index in [4.69, 9.17) is 0 Å². The van der Waals surface area contributed by atoms with Gasteiger partial charge in [-0.25, -0.2) is 4.79 Å². The topological polar surface area (TPSA) is 103 Å².